The number of carbonyl (C=O) groups excluding carboxylic acids is 3. The highest BCUT2D eigenvalue weighted by Crippen LogP contribution is 2.21. The first kappa shape index (κ1) is 36.8. The molecule has 3 amide bonds. The number of nitrogens with one attached hydrogen (secondary N) is 3. The average Bonchev–Trinajstić information content (AvgIpc) is 3.15. The van der Waals surface area contributed by atoms with Crippen molar-refractivity contribution >= 4 is 35.9 Å². The van der Waals surface area contributed by atoms with Crippen molar-refractivity contribution in [1.29, 1.82) is 15.8 Å². The van der Waals surface area contributed by atoms with Gasteiger partial charge in [0.2, 0.25) is 0 Å². The van der Waals surface area contributed by atoms with Crippen LogP contribution in [0.5, 0.6) is 0 Å². The topological polar surface area (TPSA) is 159 Å². The van der Waals surface area contributed by atoms with Crippen molar-refractivity contribution in [3.8, 4) is 18.2 Å². The first-order valence-electron chi connectivity index (χ1n) is 16.2. The Morgan fingerprint density at radius 3 is 0.922 bits per heavy atom. The van der Waals surface area contributed by atoms with Crippen LogP contribution in [0.3, 0.4) is 0 Å². The van der Waals surface area contributed by atoms with Gasteiger partial charge in [0.1, 0.15) is 34.9 Å². The van der Waals surface area contributed by atoms with Crippen molar-refractivity contribution in [1.82, 2.24) is 16.0 Å². The van der Waals surface area contributed by atoms with Gasteiger partial charge in [-0.25, -0.2) is 0 Å². The van der Waals surface area contributed by atoms with Gasteiger partial charge in [0, 0.05) is 0 Å². The Hall–Kier alpha value is -7.02. The molecule has 4 aromatic rings. The minimum atomic E-state index is -0.606. The van der Waals surface area contributed by atoms with E-state index in [1.54, 1.807) is 39.0 Å². The monoisotopic (exact) mass is 672 g/mol. The highest BCUT2D eigenvalue weighted by molar-refractivity contribution is 6.04. The highest BCUT2D eigenvalue weighted by atomic mass is 16.2. The number of amides is 3. The molecule has 0 aromatic heterocycles. The zero-order chi connectivity index (χ0) is 36.8. The molecule has 0 saturated carbocycles. The van der Waals surface area contributed by atoms with Crippen molar-refractivity contribution in [2.45, 2.75) is 38.9 Å². The third-order valence-corrected chi connectivity index (χ3v) is 7.97. The van der Waals surface area contributed by atoms with Gasteiger partial charge < -0.3 is 16.0 Å². The molecular formula is C42H36N6O3. The zero-order valence-electron chi connectivity index (χ0n) is 28.4. The lowest BCUT2D eigenvalue weighted by Crippen LogP contribution is -2.27. The molecule has 0 fully saturated rings. The average molecular weight is 673 g/mol. The summed E-state index contributed by atoms with van der Waals surface area (Å²) in [5, 5.41) is 38.3. The van der Waals surface area contributed by atoms with Gasteiger partial charge in [0.05, 0.1) is 18.1 Å². The van der Waals surface area contributed by atoms with Crippen LogP contribution in [0.4, 0.5) is 0 Å². The summed E-state index contributed by atoms with van der Waals surface area (Å²) >= 11 is 0. The minimum absolute atomic E-state index is 0.196. The Labute approximate surface area is 297 Å². The first-order chi connectivity index (χ1) is 24.6. The maximum absolute atomic E-state index is 13.2. The molecule has 252 valence electrons. The molecule has 0 aliphatic carbocycles. The van der Waals surface area contributed by atoms with E-state index < -0.39 is 17.7 Å². The predicted molar refractivity (Wildman–Crippen MR) is 196 cm³/mol. The van der Waals surface area contributed by atoms with E-state index in [9.17, 15) is 30.2 Å². The van der Waals surface area contributed by atoms with Crippen LogP contribution < -0.4 is 16.0 Å². The van der Waals surface area contributed by atoms with Crippen LogP contribution in [0.1, 0.15) is 72.3 Å². The van der Waals surface area contributed by atoms with Gasteiger partial charge in [-0.15, -0.1) is 0 Å². The van der Waals surface area contributed by atoms with E-state index in [4.69, 9.17) is 0 Å². The molecule has 3 atom stereocenters. The molecule has 9 nitrogen and oxygen atoms in total. The lowest BCUT2D eigenvalue weighted by Gasteiger charge is -2.14. The quantitative estimate of drug-likeness (QED) is 0.108. The van der Waals surface area contributed by atoms with E-state index in [2.05, 4.69) is 16.0 Å². The molecule has 0 heterocycles. The van der Waals surface area contributed by atoms with Crippen LogP contribution in [-0.4, -0.2) is 17.7 Å². The molecule has 4 rings (SSSR count). The fraction of sp³-hybridized carbons (Fsp3) is 0.143. The maximum Gasteiger partial charge on any atom is 0.262 e. The van der Waals surface area contributed by atoms with Gasteiger partial charge in [-0.3, -0.25) is 14.4 Å². The van der Waals surface area contributed by atoms with Crippen molar-refractivity contribution in [2.24, 2.45) is 0 Å². The number of benzene rings is 4. The summed E-state index contributed by atoms with van der Waals surface area (Å²) < 4.78 is 0. The molecule has 0 radical (unpaired) electrons. The molecule has 0 spiro atoms. The largest absolute Gasteiger partial charge is 0.345 e. The van der Waals surface area contributed by atoms with E-state index in [1.807, 2.05) is 109 Å². The summed E-state index contributed by atoms with van der Waals surface area (Å²) in [5.41, 5.74) is 3.07. The van der Waals surface area contributed by atoms with Crippen LogP contribution >= 0.6 is 0 Å². The zero-order valence-corrected chi connectivity index (χ0v) is 28.4. The van der Waals surface area contributed by atoms with Gasteiger partial charge in [-0.2, -0.15) is 15.8 Å². The van der Waals surface area contributed by atoms with Gasteiger partial charge in [-0.1, -0.05) is 91.0 Å². The number of carbonyl (C=O) groups is 3. The molecule has 0 saturated heterocycles. The third-order valence-electron chi connectivity index (χ3n) is 7.97. The summed E-state index contributed by atoms with van der Waals surface area (Å²) in [6.45, 7) is 5.41. The van der Waals surface area contributed by atoms with E-state index in [-0.39, 0.29) is 34.8 Å². The lowest BCUT2D eigenvalue weighted by molar-refractivity contribution is -0.118. The Balaban J connectivity index is 1.71. The van der Waals surface area contributed by atoms with Crippen LogP contribution in [-0.2, 0) is 14.4 Å². The SMILES string of the molecule is C[C@H](NC(=O)/C(C#N)=C/c1cc(/C=C(\C#N)C(=O)N[C@@H](C)c2ccccc2)cc(/C=C(\C#N)C(=O)N[C@@H](C)c2ccccc2)c1)c1ccccc1. The Morgan fingerprint density at radius 1 is 0.471 bits per heavy atom. The summed E-state index contributed by atoms with van der Waals surface area (Å²) in [6.07, 6.45) is 4.11. The summed E-state index contributed by atoms with van der Waals surface area (Å²) in [7, 11) is 0. The summed E-state index contributed by atoms with van der Waals surface area (Å²) in [5.74, 6) is -1.82. The highest BCUT2D eigenvalue weighted by Gasteiger charge is 2.17. The minimum Gasteiger partial charge on any atom is -0.345 e. The standard InChI is InChI=1S/C42H36N6O3/c1-28(34-13-7-4-8-14-34)46-40(49)37(25-43)22-31-19-32(23-38(26-44)41(50)47-29(2)35-15-9-5-10-16-35)21-33(20-31)24-39(27-45)42(51)48-30(3)36-17-11-6-12-18-36/h4-24,28-30H,1-3H3,(H,46,49)(H,47,50)(H,48,51)/b37-22+,38-23+,39-24+/t28-,29-,30-/m0/s1. The van der Waals surface area contributed by atoms with Crippen LogP contribution in [0, 0.1) is 34.0 Å². The van der Waals surface area contributed by atoms with Gasteiger partial charge in [0.25, 0.3) is 17.7 Å². The Bertz CT molecular complexity index is 1850. The number of hydrogen-bond acceptors (Lipinski definition) is 6. The van der Waals surface area contributed by atoms with Crippen molar-refractivity contribution in [3.63, 3.8) is 0 Å². The second-order valence-electron chi connectivity index (χ2n) is 11.8. The molecule has 4 aromatic carbocycles. The first-order valence-corrected chi connectivity index (χ1v) is 16.2. The second-order valence-corrected chi connectivity index (χ2v) is 11.8. The second kappa shape index (κ2) is 17.9. The Morgan fingerprint density at radius 2 is 0.706 bits per heavy atom. The molecule has 0 aliphatic rings. The Kier molecular flexibility index (Phi) is 12.9. The number of hydrogen-bond donors (Lipinski definition) is 3. The normalized spacial score (nSPS) is 13.3. The fourth-order valence-electron chi connectivity index (χ4n) is 5.20. The van der Waals surface area contributed by atoms with Crippen LogP contribution in [0.2, 0.25) is 0 Å². The molecule has 0 bridgehead atoms. The van der Waals surface area contributed by atoms with Crippen LogP contribution in [0.15, 0.2) is 126 Å². The van der Waals surface area contributed by atoms with E-state index >= 15 is 0 Å². The van der Waals surface area contributed by atoms with Gasteiger partial charge >= 0.3 is 0 Å². The summed E-state index contributed by atoms with van der Waals surface area (Å²) in [6, 6.07) is 37.4. The molecule has 51 heavy (non-hydrogen) atoms. The van der Waals surface area contributed by atoms with E-state index in [0.29, 0.717) is 16.7 Å². The molecular weight excluding hydrogens is 637 g/mol. The van der Waals surface area contributed by atoms with E-state index in [1.165, 1.54) is 18.2 Å². The molecule has 0 unspecified atom stereocenters. The molecule has 0 aliphatic heterocycles. The number of nitriles is 3. The number of nitrogens with zero attached hydrogens (tertiary/aromatic N) is 3. The molecule has 3 N–H and O–H groups in total. The van der Waals surface area contributed by atoms with Gasteiger partial charge in [0.15, 0.2) is 0 Å². The number of rotatable bonds is 12. The third kappa shape index (κ3) is 10.5. The predicted octanol–water partition coefficient (Wildman–Crippen LogP) is 7.04. The fourth-order valence-corrected chi connectivity index (χ4v) is 5.20. The van der Waals surface area contributed by atoms with Crippen molar-refractivity contribution in [2.75, 3.05) is 0 Å². The smallest absolute Gasteiger partial charge is 0.262 e. The molecule has 9 heteroatoms. The summed E-state index contributed by atoms with van der Waals surface area (Å²) in [4.78, 5) is 39.5. The van der Waals surface area contributed by atoms with Crippen molar-refractivity contribution < 1.29 is 14.4 Å². The lowest BCUT2D eigenvalue weighted by atomic mass is 9.99. The maximum atomic E-state index is 13.2. The van der Waals surface area contributed by atoms with Gasteiger partial charge in [-0.05, 0) is 90.6 Å². The van der Waals surface area contributed by atoms with E-state index in [0.717, 1.165) is 16.7 Å². The van der Waals surface area contributed by atoms with Crippen molar-refractivity contribution in [3.05, 3.63) is 159 Å². The van der Waals surface area contributed by atoms with Crippen LogP contribution in [0.25, 0.3) is 18.2 Å².